The van der Waals surface area contributed by atoms with E-state index in [-0.39, 0.29) is 12.4 Å². The number of benzene rings is 3. The van der Waals surface area contributed by atoms with E-state index in [1.165, 1.54) is 51.7 Å². The number of nitrogens with zero attached hydrogens (tertiary/aromatic N) is 2. The zero-order chi connectivity index (χ0) is 28.0. The van der Waals surface area contributed by atoms with Crippen molar-refractivity contribution in [3.63, 3.8) is 0 Å². The van der Waals surface area contributed by atoms with E-state index in [4.69, 9.17) is 24.1 Å². The predicted molar refractivity (Wildman–Crippen MR) is 160 cm³/mol. The van der Waals surface area contributed by atoms with E-state index in [1.807, 2.05) is 18.2 Å². The standard InChI is InChI=1S/C21H27N2.C10H10O2.2ClH.Ru/c1-14-9-16(3)20(17(4)10-14)22-7-8-23(13-22)21-18(5)11-15(2)12-19(21)6;1-8-5-3-4-6-10(8)12-7-9(2)11;;;/h9-13H,7-8H2,1-6H3;1,3-6H,7H2,2H3;2*1H;/q-1;;;;+2/p-2. The van der Waals surface area contributed by atoms with Crippen molar-refractivity contribution < 1.29 is 23.0 Å². The van der Waals surface area contributed by atoms with Crippen molar-refractivity contribution in [2.24, 2.45) is 0 Å². The molecular formula is C31H37Cl2N2O2Ru-. The number of carbonyl (C=O) groups is 1. The SMILES string of the molecule is CC(=O)COc1ccccc1[CH]=[Ru]([Cl])[Cl].Cc1cc(C)c(N2[CH-]N(c3c(C)cc(C)cc3C)CC2)c(C)c1. The number of para-hydroxylation sites is 1. The van der Waals surface area contributed by atoms with Crippen molar-refractivity contribution in [3.05, 3.63) is 94.1 Å². The first-order chi connectivity index (χ1) is 18.0. The minimum absolute atomic E-state index is 0.0178. The Bertz CT molecular complexity index is 1230. The van der Waals surface area contributed by atoms with Crippen LogP contribution in [0.5, 0.6) is 5.75 Å². The van der Waals surface area contributed by atoms with Crippen molar-refractivity contribution in [2.75, 3.05) is 29.5 Å². The second-order valence-electron chi connectivity index (χ2n) is 9.83. The number of carbonyl (C=O) groups excluding carboxylic acids is 1. The van der Waals surface area contributed by atoms with Gasteiger partial charge in [0.2, 0.25) is 0 Å². The van der Waals surface area contributed by atoms with Gasteiger partial charge in [0.05, 0.1) is 0 Å². The Labute approximate surface area is 241 Å². The topological polar surface area (TPSA) is 32.8 Å². The van der Waals surface area contributed by atoms with Crippen LogP contribution < -0.4 is 14.5 Å². The van der Waals surface area contributed by atoms with Crippen molar-refractivity contribution in [1.82, 2.24) is 0 Å². The summed E-state index contributed by atoms with van der Waals surface area (Å²) in [6.45, 7) is 19.1. The van der Waals surface area contributed by atoms with Gasteiger partial charge in [-0.25, -0.2) is 0 Å². The van der Waals surface area contributed by atoms with Gasteiger partial charge in [-0.1, -0.05) is 35.4 Å². The van der Waals surface area contributed by atoms with Gasteiger partial charge in [-0.2, -0.15) is 6.67 Å². The van der Waals surface area contributed by atoms with Crippen LogP contribution >= 0.6 is 19.4 Å². The molecule has 0 radical (unpaired) electrons. The molecule has 1 aliphatic heterocycles. The molecule has 38 heavy (non-hydrogen) atoms. The van der Waals surface area contributed by atoms with Crippen LogP contribution in [-0.2, 0) is 18.3 Å². The van der Waals surface area contributed by atoms with Gasteiger partial charge in [-0.05, 0) is 63.8 Å². The van der Waals surface area contributed by atoms with Gasteiger partial charge in [0.15, 0.2) is 0 Å². The molecule has 4 nitrogen and oxygen atoms in total. The number of halogens is 2. The monoisotopic (exact) mass is 641 g/mol. The molecule has 0 atom stereocenters. The molecule has 0 amide bonds. The number of Topliss-reactive ketones (excluding diaryl/α,β-unsaturated/α-hetero) is 1. The molecule has 206 valence electrons. The number of hydrogen-bond donors (Lipinski definition) is 0. The largest absolute Gasteiger partial charge is 0.502 e. The first kappa shape index (κ1) is 30.3. The van der Waals surface area contributed by atoms with Gasteiger partial charge in [0.1, 0.15) is 0 Å². The number of anilines is 2. The van der Waals surface area contributed by atoms with Crippen molar-refractivity contribution >= 4 is 41.1 Å². The molecule has 4 rings (SSSR count). The summed E-state index contributed by atoms with van der Waals surface area (Å²) in [7, 11) is 11.6. The number of rotatable bonds is 6. The van der Waals surface area contributed by atoms with Gasteiger partial charge in [-0.3, -0.25) is 0 Å². The Balaban J connectivity index is 0.000000232. The second kappa shape index (κ2) is 13.7. The summed E-state index contributed by atoms with van der Waals surface area (Å²) in [5.74, 6) is 0.628. The van der Waals surface area contributed by atoms with E-state index < -0.39 is 13.5 Å². The zero-order valence-corrected chi connectivity index (χ0v) is 26.5. The summed E-state index contributed by atoms with van der Waals surface area (Å²) >= 11 is -1.86. The first-order valence-corrected chi connectivity index (χ1v) is 18.0. The van der Waals surface area contributed by atoms with Gasteiger partial charge in [0, 0.05) is 24.5 Å². The average Bonchev–Trinajstić information content (AvgIpc) is 3.26. The van der Waals surface area contributed by atoms with E-state index in [0.717, 1.165) is 18.7 Å². The fraction of sp³-hybridized carbons (Fsp3) is 0.323. The Morgan fingerprint density at radius 2 is 1.32 bits per heavy atom. The molecule has 0 aromatic heterocycles. The second-order valence-corrected chi connectivity index (χ2v) is 15.6. The Hall–Kier alpha value is -2.20. The van der Waals surface area contributed by atoms with Crippen LogP contribution in [0.15, 0.2) is 48.5 Å². The summed E-state index contributed by atoms with van der Waals surface area (Å²) in [6, 6.07) is 16.5. The van der Waals surface area contributed by atoms with Crippen molar-refractivity contribution in [2.45, 2.75) is 48.5 Å². The van der Waals surface area contributed by atoms with Crippen LogP contribution in [-0.4, -0.2) is 30.1 Å². The van der Waals surface area contributed by atoms with Crippen LogP contribution in [0.1, 0.15) is 45.9 Å². The molecule has 0 unspecified atom stereocenters. The van der Waals surface area contributed by atoms with Crippen LogP contribution in [0.2, 0.25) is 0 Å². The third-order valence-corrected chi connectivity index (χ3v) is 8.08. The summed E-state index contributed by atoms with van der Waals surface area (Å²) in [6.07, 6.45) is 0. The molecule has 0 bridgehead atoms. The Morgan fingerprint density at radius 3 is 1.74 bits per heavy atom. The Morgan fingerprint density at radius 1 is 0.868 bits per heavy atom. The van der Waals surface area contributed by atoms with Gasteiger partial charge >= 0.3 is 102 Å². The van der Waals surface area contributed by atoms with Crippen LogP contribution in [0.25, 0.3) is 0 Å². The molecule has 1 aliphatic rings. The Kier molecular flexibility index (Phi) is 11.0. The molecule has 0 aliphatic carbocycles. The fourth-order valence-electron chi connectivity index (χ4n) is 5.05. The molecule has 7 heteroatoms. The summed E-state index contributed by atoms with van der Waals surface area (Å²) in [5, 5.41) is 0. The predicted octanol–water partition coefficient (Wildman–Crippen LogP) is 7.71. The molecule has 1 heterocycles. The van der Waals surface area contributed by atoms with E-state index in [0.29, 0.717) is 5.75 Å². The zero-order valence-electron chi connectivity index (χ0n) is 23.2. The molecule has 3 aromatic carbocycles. The average molecular weight is 642 g/mol. The van der Waals surface area contributed by atoms with Crippen LogP contribution in [0.3, 0.4) is 0 Å². The maximum atomic E-state index is 10.8. The quantitative estimate of drug-likeness (QED) is 0.204. The minimum Gasteiger partial charge on any atom is -0.502 e. The maximum absolute atomic E-state index is 10.8. The smallest absolute Gasteiger partial charge is 0.0146 e. The summed E-state index contributed by atoms with van der Waals surface area (Å²) < 4.78 is 7.12. The molecule has 3 aromatic rings. The maximum Gasteiger partial charge on any atom is 0.0146 e. The van der Waals surface area contributed by atoms with Gasteiger partial charge in [-0.15, -0.1) is 0 Å². The normalized spacial score (nSPS) is 13.1. The fourth-order valence-corrected chi connectivity index (χ4v) is 6.85. The summed E-state index contributed by atoms with van der Waals surface area (Å²) in [4.78, 5) is 15.6. The molecule has 0 spiro atoms. The van der Waals surface area contributed by atoms with Crippen molar-refractivity contribution in [1.29, 1.82) is 0 Å². The number of hydrogen-bond acceptors (Lipinski definition) is 4. The summed E-state index contributed by atoms with van der Waals surface area (Å²) in [5.41, 5.74) is 11.7. The number of aryl methyl sites for hydroxylation is 6. The molecule has 0 saturated carbocycles. The van der Waals surface area contributed by atoms with E-state index in [1.54, 1.807) is 10.7 Å². The third-order valence-electron chi connectivity index (χ3n) is 6.24. The van der Waals surface area contributed by atoms with Crippen molar-refractivity contribution in [3.8, 4) is 5.75 Å². The van der Waals surface area contributed by atoms with E-state index in [9.17, 15) is 4.79 Å². The van der Waals surface area contributed by atoms with Gasteiger partial charge in [0.25, 0.3) is 0 Å². The molecular weight excluding hydrogens is 604 g/mol. The first-order valence-electron chi connectivity index (χ1n) is 12.5. The van der Waals surface area contributed by atoms with Crippen LogP contribution in [0, 0.1) is 48.2 Å². The number of ether oxygens (including phenoxy) is 1. The van der Waals surface area contributed by atoms with Crippen LogP contribution in [0.4, 0.5) is 11.4 Å². The molecule has 1 saturated heterocycles. The number of ketones is 1. The van der Waals surface area contributed by atoms with E-state index >= 15 is 0 Å². The minimum atomic E-state index is -1.86. The molecule has 0 N–H and O–H groups in total. The third kappa shape index (κ3) is 8.15. The van der Waals surface area contributed by atoms with Gasteiger partial charge < -0.3 is 9.80 Å². The molecule has 1 fully saturated rings. The van der Waals surface area contributed by atoms with E-state index in [2.05, 4.69) is 82.3 Å².